The molecule has 3 aromatic rings. The maximum Gasteiger partial charge on any atom is 0.416 e. The third-order valence-electron chi connectivity index (χ3n) is 14.7. The van der Waals surface area contributed by atoms with E-state index in [9.17, 15) is 9.59 Å². The second kappa shape index (κ2) is 17.3. The maximum atomic E-state index is 13.9. The molecule has 2 amide bonds. The van der Waals surface area contributed by atoms with E-state index in [0.717, 1.165) is 60.4 Å². The van der Waals surface area contributed by atoms with Crippen molar-refractivity contribution in [1.82, 2.24) is 24.8 Å². The van der Waals surface area contributed by atoms with Crippen LogP contribution in [0.25, 0.3) is 10.5 Å². The van der Waals surface area contributed by atoms with E-state index in [4.69, 9.17) is 21.0 Å². The van der Waals surface area contributed by atoms with Gasteiger partial charge in [0.05, 0.1) is 12.1 Å². The lowest BCUT2D eigenvalue weighted by Crippen LogP contribution is -2.87. The topological polar surface area (TPSA) is 105 Å². The van der Waals surface area contributed by atoms with Crippen LogP contribution in [0, 0.1) is 66.8 Å². The highest BCUT2D eigenvalue weighted by Gasteiger charge is 2.72. The number of carbonyl (C=O) groups is 2. The van der Waals surface area contributed by atoms with Crippen LogP contribution >= 0.6 is 0 Å². The number of hydrogen-bond donors (Lipinski definition) is 2. The smallest absolute Gasteiger partial charge is 0.416 e. The van der Waals surface area contributed by atoms with Crippen molar-refractivity contribution < 1.29 is 19.1 Å². The third kappa shape index (κ3) is 8.52. The van der Waals surface area contributed by atoms with Gasteiger partial charge < -0.3 is 19.7 Å². The first-order valence-corrected chi connectivity index (χ1v) is 22.9. The van der Waals surface area contributed by atoms with Crippen LogP contribution in [0.5, 0.6) is 11.6 Å². The van der Waals surface area contributed by atoms with Crippen molar-refractivity contribution in [1.29, 1.82) is 0 Å². The van der Waals surface area contributed by atoms with Crippen molar-refractivity contribution in [2.75, 3.05) is 13.1 Å². The number of ether oxygens (including phenoxy) is 2. The van der Waals surface area contributed by atoms with Crippen LogP contribution in [0.3, 0.4) is 0 Å². The molecule has 8 atom stereocenters. The van der Waals surface area contributed by atoms with Crippen molar-refractivity contribution in [3.63, 3.8) is 0 Å². The average Bonchev–Trinajstić information content (AvgIpc) is 3.72. The molecule has 8 unspecified atom stereocenters. The van der Waals surface area contributed by atoms with Gasteiger partial charge in [0, 0.05) is 24.6 Å². The van der Waals surface area contributed by atoms with E-state index in [1.54, 1.807) is 16.7 Å². The van der Waals surface area contributed by atoms with Gasteiger partial charge in [-0.3, -0.25) is 9.89 Å². The predicted molar refractivity (Wildman–Crippen MR) is 245 cm³/mol. The lowest BCUT2D eigenvalue weighted by atomic mass is 9.50. The minimum absolute atomic E-state index is 0.0142. The van der Waals surface area contributed by atoms with E-state index >= 15 is 0 Å². The Morgan fingerprint density at radius 1 is 1.10 bits per heavy atom. The van der Waals surface area contributed by atoms with Gasteiger partial charge in [0.1, 0.15) is 17.2 Å². The third-order valence-corrected chi connectivity index (χ3v) is 14.7. The molecule has 1 aromatic carbocycles. The largest absolute Gasteiger partial charge is 0.475 e. The number of amides is 2. The molecule has 3 heterocycles. The Kier molecular flexibility index (Phi) is 13.1. The lowest BCUT2D eigenvalue weighted by molar-refractivity contribution is -0.192. The number of benzene rings is 1. The van der Waals surface area contributed by atoms with Crippen molar-refractivity contribution in [3.05, 3.63) is 77.4 Å². The van der Waals surface area contributed by atoms with E-state index < -0.39 is 17.2 Å². The molecule has 332 valence electrons. The minimum Gasteiger partial charge on any atom is -0.475 e. The van der Waals surface area contributed by atoms with Crippen molar-refractivity contribution in [3.8, 4) is 11.6 Å². The molecule has 0 radical (unpaired) electrons. The summed E-state index contributed by atoms with van der Waals surface area (Å²) in [6.07, 6.45) is 9.62. The number of fused-ring (bicyclic) bond motifs is 1. The average molecular weight is 835 g/mol. The fourth-order valence-electron chi connectivity index (χ4n) is 11.9. The molecule has 2 N–H and O–H groups in total. The molecule has 0 bridgehead atoms. The standard InChI is InChI=1S/C51H74N6O4/c1-16-23-56(24-17-2)47(59)60-45-42(52-15)38(30-37-36(25-31(4)5)27-33(7)28-39(37)48(9,10)11)44-53-43(55-57(44)45)35-21-22-50(41(29-35)49(12,13)14)51(18-3,46(58)54-50)61-40-20-19-32(6)26-34(40)8/h16-17,19-20,26,31,33,35-37,39,41H,1-2,18,21-25,27-30H2,3-14H3,(H,53,55)(H,54,58). The fraction of sp³-hybridized carbons (Fsp3) is 0.647. The Hall–Kier alpha value is -4.52. The number of β-lactam (4-membered cyclic amide) rings is 1. The van der Waals surface area contributed by atoms with E-state index in [-0.39, 0.29) is 47.5 Å². The molecular weight excluding hydrogens is 761 g/mol. The number of hydrogen-bond acceptors (Lipinski definition) is 5. The number of aromatic nitrogens is 3. The number of H-pyrrole nitrogens is 1. The van der Waals surface area contributed by atoms with E-state index in [1.165, 1.54) is 4.90 Å². The molecular formula is C51H74N6O4. The second-order valence-electron chi connectivity index (χ2n) is 21.5. The van der Waals surface area contributed by atoms with E-state index in [2.05, 4.69) is 111 Å². The summed E-state index contributed by atoms with van der Waals surface area (Å²) in [6, 6.07) is 6.16. The molecule has 3 aliphatic rings. The molecule has 10 nitrogen and oxygen atoms in total. The first kappa shape index (κ1) is 46.0. The van der Waals surface area contributed by atoms with Crippen molar-refractivity contribution >= 4 is 23.3 Å². The molecule has 1 spiro atoms. The number of aryl methyl sites for hydroxylation is 2. The maximum absolute atomic E-state index is 13.9. The second-order valence-corrected chi connectivity index (χ2v) is 21.5. The zero-order valence-corrected chi connectivity index (χ0v) is 39.3. The van der Waals surface area contributed by atoms with Crippen LogP contribution in [-0.2, 0) is 11.2 Å². The number of rotatable bonds is 13. The van der Waals surface area contributed by atoms with Crippen LogP contribution in [0.4, 0.5) is 10.5 Å². The fourth-order valence-corrected chi connectivity index (χ4v) is 11.9. The van der Waals surface area contributed by atoms with Gasteiger partial charge in [-0.25, -0.2) is 19.1 Å². The lowest BCUT2D eigenvalue weighted by Gasteiger charge is -2.65. The summed E-state index contributed by atoms with van der Waals surface area (Å²) < 4.78 is 15.0. The summed E-state index contributed by atoms with van der Waals surface area (Å²) in [7, 11) is 0. The van der Waals surface area contributed by atoms with Gasteiger partial charge in [-0.1, -0.05) is 99.1 Å². The van der Waals surface area contributed by atoms with Crippen LogP contribution in [-0.4, -0.2) is 55.7 Å². The normalized spacial score (nSPS) is 28.0. The van der Waals surface area contributed by atoms with Crippen molar-refractivity contribution in [2.24, 2.45) is 46.3 Å². The highest BCUT2D eigenvalue weighted by atomic mass is 16.6. The van der Waals surface area contributed by atoms with Gasteiger partial charge in [0.25, 0.3) is 11.6 Å². The number of nitrogens with zero attached hydrogens (tertiary/aromatic N) is 4. The van der Waals surface area contributed by atoms with E-state index in [1.807, 2.05) is 19.1 Å². The highest BCUT2D eigenvalue weighted by Crippen LogP contribution is 2.59. The molecule has 10 heteroatoms. The van der Waals surface area contributed by atoms with Gasteiger partial charge in [-0.05, 0) is 123 Å². The zero-order valence-electron chi connectivity index (χ0n) is 39.3. The zero-order chi connectivity index (χ0) is 44.8. The Bertz CT molecular complexity index is 2150. The molecule has 61 heavy (non-hydrogen) atoms. The first-order valence-electron chi connectivity index (χ1n) is 22.9. The monoisotopic (exact) mass is 835 g/mol. The van der Waals surface area contributed by atoms with Gasteiger partial charge in [-0.15, -0.1) is 13.2 Å². The first-order chi connectivity index (χ1) is 28.6. The van der Waals surface area contributed by atoms with Crippen LogP contribution < -0.4 is 14.8 Å². The number of aromatic amines is 1. The molecule has 6 rings (SSSR count). The van der Waals surface area contributed by atoms with Crippen LogP contribution in [0.15, 0.2) is 43.5 Å². The molecule has 3 fully saturated rings. The Morgan fingerprint density at radius 2 is 1.79 bits per heavy atom. The number of nitrogens with one attached hydrogen (secondary N) is 2. The van der Waals surface area contributed by atoms with Crippen LogP contribution in [0.2, 0.25) is 0 Å². The van der Waals surface area contributed by atoms with Gasteiger partial charge in [0.15, 0.2) is 0 Å². The Labute approximate surface area is 366 Å². The summed E-state index contributed by atoms with van der Waals surface area (Å²) in [5.41, 5.74) is 2.30. The van der Waals surface area contributed by atoms with Gasteiger partial charge in [0.2, 0.25) is 11.5 Å². The summed E-state index contributed by atoms with van der Waals surface area (Å²) in [6.45, 7) is 43.9. The molecule has 2 aliphatic carbocycles. The minimum atomic E-state index is -1.01. The van der Waals surface area contributed by atoms with Gasteiger partial charge >= 0.3 is 6.09 Å². The van der Waals surface area contributed by atoms with Crippen LogP contribution in [0.1, 0.15) is 143 Å². The molecule has 2 aromatic heterocycles. The molecule has 1 aliphatic heterocycles. The quantitative estimate of drug-likeness (QED) is 0.101. The van der Waals surface area contributed by atoms with E-state index in [0.29, 0.717) is 60.2 Å². The highest BCUT2D eigenvalue weighted by molar-refractivity contribution is 5.95. The Morgan fingerprint density at radius 3 is 2.34 bits per heavy atom. The summed E-state index contributed by atoms with van der Waals surface area (Å²) in [5.74, 6) is 4.16. The van der Waals surface area contributed by atoms with Crippen molar-refractivity contribution in [2.45, 2.75) is 152 Å². The Balaban J connectivity index is 1.45. The summed E-state index contributed by atoms with van der Waals surface area (Å²) in [4.78, 5) is 38.8. The predicted octanol–water partition coefficient (Wildman–Crippen LogP) is 11.9. The van der Waals surface area contributed by atoms with Gasteiger partial charge in [-0.2, -0.15) is 0 Å². The summed E-state index contributed by atoms with van der Waals surface area (Å²) >= 11 is 0. The number of carbonyl (C=O) groups excluding carboxylic acids is 2. The summed E-state index contributed by atoms with van der Waals surface area (Å²) in [5, 5.41) is 7.07. The molecule has 2 saturated carbocycles. The molecule has 1 saturated heterocycles. The SMILES string of the molecule is [C-]#[N+]c1c(CC2C(CC(C)C)CC(C)CC2C(C)(C)C)c2nc(C3CCC4(NC(=O)C4(CC)Oc4ccc(C)cc4C)C(C(C)(C)C)C3)[nH]n2c1OC(=O)N(CC=C)CC=C.